The Morgan fingerprint density at radius 3 is 2.41 bits per heavy atom. The van der Waals surface area contributed by atoms with Crippen LogP contribution in [0.3, 0.4) is 0 Å². The summed E-state index contributed by atoms with van der Waals surface area (Å²) in [6.45, 7) is 1.91. The molecule has 4 rings (SSSR count). The Bertz CT molecular complexity index is 1450. The lowest BCUT2D eigenvalue weighted by Crippen LogP contribution is -2.36. The number of aryl methyl sites for hydroxylation is 1. The highest BCUT2D eigenvalue weighted by molar-refractivity contribution is 9.10. The van der Waals surface area contributed by atoms with Gasteiger partial charge in [-0.3, -0.25) is 19.8 Å². The van der Waals surface area contributed by atoms with Gasteiger partial charge in [0.1, 0.15) is 5.69 Å². The summed E-state index contributed by atoms with van der Waals surface area (Å²) < 4.78 is 2.07. The van der Waals surface area contributed by atoms with Crippen LogP contribution in [0.5, 0.6) is 0 Å². The zero-order valence-electron chi connectivity index (χ0n) is 17.7. The van der Waals surface area contributed by atoms with E-state index in [0.29, 0.717) is 21.6 Å². The fourth-order valence-corrected chi connectivity index (χ4v) is 4.15. The Labute approximate surface area is 213 Å². The molecular weight excluding hydrogens is 543 g/mol. The van der Waals surface area contributed by atoms with E-state index in [1.54, 1.807) is 30.3 Å². The Kier molecular flexibility index (Phi) is 6.92. The number of halogens is 3. The number of fused-ring (bicyclic) bond motifs is 1. The van der Waals surface area contributed by atoms with E-state index in [1.165, 1.54) is 22.9 Å². The lowest BCUT2D eigenvalue weighted by atomic mass is 10.2. The first-order valence-electron chi connectivity index (χ1n) is 9.97. The van der Waals surface area contributed by atoms with E-state index in [-0.39, 0.29) is 16.4 Å². The van der Waals surface area contributed by atoms with Crippen molar-refractivity contribution in [3.05, 3.63) is 92.5 Å². The van der Waals surface area contributed by atoms with Crippen LogP contribution in [0.2, 0.25) is 10.0 Å². The van der Waals surface area contributed by atoms with Crippen molar-refractivity contribution < 1.29 is 14.4 Å². The molecule has 0 spiro atoms. The SMILES string of the molecule is Cc1cccc(NC(=O)c2cc3cc(Br)ccc3n2NC(=O)C(=O)Nc2ccc(Cl)cc2Cl)c1. The quantitative estimate of drug-likeness (QED) is 0.268. The van der Waals surface area contributed by atoms with E-state index in [9.17, 15) is 14.4 Å². The summed E-state index contributed by atoms with van der Waals surface area (Å²) in [5.41, 5.74) is 4.98. The van der Waals surface area contributed by atoms with Gasteiger partial charge in [-0.1, -0.05) is 51.3 Å². The van der Waals surface area contributed by atoms with Crippen LogP contribution < -0.4 is 16.1 Å². The minimum absolute atomic E-state index is 0.139. The summed E-state index contributed by atoms with van der Waals surface area (Å²) in [5, 5.41) is 6.51. The van der Waals surface area contributed by atoms with E-state index < -0.39 is 17.7 Å². The highest BCUT2D eigenvalue weighted by Gasteiger charge is 2.22. The second-order valence-corrected chi connectivity index (χ2v) is 9.17. The maximum Gasteiger partial charge on any atom is 0.328 e. The van der Waals surface area contributed by atoms with Crippen LogP contribution in [0.25, 0.3) is 10.9 Å². The summed E-state index contributed by atoms with van der Waals surface area (Å²) >= 11 is 15.4. The number of anilines is 2. The number of rotatable bonds is 4. The Morgan fingerprint density at radius 2 is 1.68 bits per heavy atom. The number of carbonyl (C=O) groups is 3. The van der Waals surface area contributed by atoms with Gasteiger partial charge in [-0.05, 0) is 67.1 Å². The molecule has 0 aliphatic carbocycles. The predicted molar refractivity (Wildman–Crippen MR) is 138 cm³/mol. The molecule has 10 heteroatoms. The lowest BCUT2D eigenvalue weighted by molar-refractivity contribution is -0.133. The minimum Gasteiger partial charge on any atom is -0.321 e. The first kappa shape index (κ1) is 23.8. The molecule has 0 aliphatic heterocycles. The number of nitrogens with zero attached hydrogens (tertiary/aromatic N) is 1. The average molecular weight is 560 g/mol. The van der Waals surface area contributed by atoms with E-state index >= 15 is 0 Å². The smallest absolute Gasteiger partial charge is 0.321 e. The van der Waals surface area contributed by atoms with Gasteiger partial charge in [0.05, 0.1) is 16.2 Å². The van der Waals surface area contributed by atoms with Gasteiger partial charge in [0.25, 0.3) is 5.91 Å². The molecule has 0 bridgehead atoms. The van der Waals surface area contributed by atoms with Crippen LogP contribution in [0.1, 0.15) is 16.1 Å². The van der Waals surface area contributed by atoms with Crippen molar-refractivity contribution in [2.45, 2.75) is 6.92 Å². The Balaban J connectivity index is 1.63. The molecule has 1 aromatic heterocycles. The van der Waals surface area contributed by atoms with Crippen LogP contribution in [-0.2, 0) is 9.59 Å². The highest BCUT2D eigenvalue weighted by atomic mass is 79.9. The van der Waals surface area contributed by atoms with Crippen molar-refractivity contribution in [2.75, 3.05) is 16.1 Å². The molecule has 0 saturated heterocycles. The molecule has 0 aliphatic rings. The molecule has 0 unspecified atom stereocenters. The molecule has 3 aromatic carbocycles. The minimum atomic E-state index is -0.990. The van der Waals surface area contributed by atoms with Crippen LogP contribution in [0, 0.1) is 6.92 Å². The number of benzene rings is 3. The number of nitrogens with one attached hydrogen (secondary N) is 3. The maximum absolute atomic E-state index is 13.1. The fourth-order valence-electron chi connectivity index (χ4n) is 3.31. The molecule has 34 heavy (non-hydrogen) atoms. The Hall–Kier alpha value is -3.33. The summed E-state index contributed by atoms with van der Waals surface area (Å²) in [6, 6.07) is 18.7. The van der Waals surface area contributed by atoms with Crippen molar-refractivity contribution in [1.82, 2.24) is 4.68 Å². The summed E-state index contributed by atoms with van der Waals surface area (Å²) in [4.78, 5) is 38.4. The Morgan fingerprint density at radius 1 is 0.882 bits per heavy atom. The normalized spacial score (nSPS) is 10.7. The van der Waals surface area contributed by atoms with Crippen LogP contribution in [-0.4, -0.2) is 22.4 Å². The molecule has 0 fully saturated rings. The third-order valence-electron chi connectivity index (χ3n) is 4.87. The molecule has 4 aromatic rings. The molecule has 0 atom stereocenters. The second kappa shape index (κ2) is 9.89. The van der Waals surface area contributed by atoms with E-state index in [0.717, 1.165) is 10.0 Å². The zero-order chi connectivity index (χ0) is 24.4. The molecule has 172 valence electrons. The van der Waals surface area contributed by atoms with Crippen LogP contribution >= 0.6 is 39.1 Å². The molecule has 3 amide bonds. The molecule has 7 nitrogen and oxygen atoms in total. The number of carbonyl (C=O) groups excluding carboxylic acids is 3. The monoisotopic (exact) mass is 558 g/mol. The number of aromatic nitrogens is 1. The van der Waals surface area contributed by atoms with E-state index in [4.69, 9.17) is 23.2 Å². The molecular formula is C24H17BrCl2N4O3. The fraction of sp³-hybridized carbons (Fsp3) is 0.0417. The van der Waals surface area contributed by atoms with E-state index in [1.807, 2.05) is 25.1 Å². The number of hydrogen-bond donors (Lipinski definition) is 3. The average Bonchev–Trinajstić information content (AvgIpc) is 3.13. The first-order valence-corrected chi connectivity index (χ1v) is 11.5. The van der Waals surface area contributed by atoms with Gasteiger partial charge in [0, 0.05) is 20.6 Å². The van der Waals surface area contributed by atoms with Gasteiger partial charge >= 0.3 is 11.8 Å². The molecule has 0 saturated carbocycles. The predicted octanol–water partition coefficient (Wildman–Crippen LogP) is 5.98. The van der Waals surface area contributed by atoms with Crippen LogP contribution in [0.4, 0.5) is 11.4 Å². The van der Waals surface area contributed by atoms with Crippen molar-refractivity contribution in [3.63, 3.8) is 0 Å². The largest absolute Gasteiger partial charge is 0.328 e. The molecule has 3 N–H and O–H groups in total. The second-order valence-electron chi connectivity index (χ2n) is 7.41. The third-order valence-corrected chi connectivity index (χ3v) is 5.91. The van der Waals surface area contributed by atoms with Crippen molar-refractivity contribution in [1.29, 1.82) is 0 Å². The van der Waals surface area contributed by atoms with Gasteiger partial charge in [-0.2, -0.15) is 0 Å². The van der Waals surface area contributed by atoms with Gasteiger partial charge in [-0.25, -0.2) is 4.68 Å². The maximum atomic E-state index is 13.1. The highest BCUT2D eigenvalue weighted by Crippen LogP contribution is 2.26. The summed E-state index contributed by atoms with van der Waals surface area (Å²) in [5.74, 6) is -2.41. The van der Waals surface area contributed by atoms with Gasteiger partial charge < -0.3 is 10.6 Å². The topological polar surface area (TPSA) is 92.2 Å². The molecule has 0 radical (unpaired) electrons. The van der Waals surface area contributed by atoms with Gasteiger partial charge in [0.15, 0.2) is 0 Å². The number of hydrogen-bond acceptors (Lipinski definition) is 3. The van der Waals surface area contributed by atoms with Crippen molar-refractivity contribution in [2.24, 2.45) is 0 Å². The van der Waals surface area contributed by atoms with Crippen molar-refractivity contribution in [3.8, 4) is 0 Å². The van der Waals surface area contributed by atoms with E-state index in [2.05, 4.69) is 32.0 Å². The van der Waals surface area contributed by atoms with Crippen LogP contribution in [0.15, 0.2) is 71.2 Å². The van der Waals surface area contributed by atoms with Gasteiger partial charge in [0.2, 0.25) is 0 Å². The van der Waals surface area contributed by atoms with Gasteiger partial charge in [-0.15, -0.1) is 0 Å². The summed E-state index contributed by atoms with van der Waals surface area (Å²) in [7, 11) is 0. The zero-order valence-corrected chi connectivity index (χ0v) is 20.8. The van der Waals surface area contributed by atoms with Crippen molar-refractivity contribution >= 4 is 79.1 Å². The number of amides is 3. The standard InChI is InChI=1S/C24H17BrCl2N4O3/c1-13-3-2-4-17(9-13)28-22(32)21-11-14-10-15(25)5-8-20(14)31(21)30-24(34)23(33)29-19-7-6-16(26)12-18(19)27/h2-12H,1H3,(H,28,32)(H,29,33)(H,30,34). The first-order chi connectivity index (χ1) is 16.2. The third kappa shape index (κ3) is 5.25. The molecule has 1 heterocycles. The summed E-state index contributed by atoms with van der Waals surface area (Å²) in [6.07, 6.45) is 0. The lowest BCUT2D eigenvalue weighted by Gasteiger charge is -2.13.